The Balaban J connectivity index is 2.85. The molecule has 1 aromatic rings. The molecule has 0 aliphatic carbocycles. The van der Waals surface area contributed by atoms with Gasteiger partial charge in [0.1, 0.15) is 0 Å². The highest BCUT2D eigenvalue weighted by Crippen LogP contribution is 2.05. The lowest BCUT2D eigenvalue weighted by Crippen LogP contribution is -2.03. The zero-order chi connectivity index (χ0) is 6.69. The lowest BCUT2D eigenvalue weighted by Gasteiger charge is -2.03. The molecule has 0 bridgehead atoms. The van der Waals surface area contributed by atoms with E-state index in [1.54, 1.807) is 18.5 Å². The van der Waals surface area contributed by atoms with Crippen molar-refractivity contribution >= 4 is 28.8 Å². The molecule has 3 nitrogen and oxygen atoms in total. The highest BCUT2D eigenvalue weighted by atomic mass is 127. The van der Waals surface area contributed by atoms with E-state index in [2.05, 4.69) is 32.8 Å². The summed E-state index contributed by atoms with van der Waals surface area (Å²) in [5.74, 6) is 0.734. The molecule has 0 N–H and O–H groups in total. The molecule has 0 amide bonds. The highest BCUT2D eigenvalue weighted by Gasteiger charge is 1.93. The normalized spacial score (nSPS) is 9.11. The van der Waals surface area contributed by atoms with Crippen LogP contribution in [0.2, 0.25) is 0 Å². The average molecular weight is 235 g/mol. The van der Waals surface area contributed by atoms with Crippen LogP contribution in [0, 0.1) is 0 Å². The molecule has 48 valence electrons. The van der Waals surface area contributed by atoms with Gasteiger partial charge >= 0.3 is 0 Å². The molecule has 4 heteroatoms. The number of halogens is 1. The second kappa shape index (κ2) is 2.95. The molecule has 0 saturated carbocycles. The summed E-state index contributed by atoms with van der Waals surface area (Å²) in [6.45, 7) is 0. The second-order valence-corrected chi connectivity index (χ2v) is 2.97. The van der Waals surface area contributed by atoms with E-state index in [0.29, 0.717) is 0 Å². The van der Waals surface area contributed by atoms with Crippen molar-refractivity contribution in [3.05, 3.63) is 18.5 Å². The second-order valence-electron chi connectivity index (χ2n) is 1.53. The SMILES string of the molecule is CN(I)c1ncccn1. The van der Waals surface area contributed by atoms with Crippen LogP contribution in [0.5, 0.6) is 0 Å². The maximum Gasteiger partial charge on any atom is 0.233 e. The van der Waals surface area contributed by atoms with E-state index in [4.69, 9.17) is 0 Å². The van der Waals surface area contributed by atoms with Crippen LogP contribution in [0.4, 0.5) is 5.95 Å². The van der Waals surface area contributed by atoms with Gasteiger partial charge in [-0.2, -0.15) is 0 Å². The summed E-state index contributed by atoms with van der Waals surface area (Å²) in [6, 6.07) is 1.80. The highest BCUT2D eigenvalue weighted by molar-refractivity contribution is 14.1. The van der Waals surface area contributed by atoms with E-state index in [1.807, 2.05) is 10.2 Å². The van der Waals surface area contributed by atoms with Crippen LogP contribution in [0.25, 0.3) is 0 Å². The molecule has 0 aliphatic heterocycles. The maximum absolute atomic E-state index is 3.99. The molecule has 0 radical (unpaired) electrons. The summed E-state index contributed by atoms with van der Waals surface area (Å²) >= 11 is 2.12. The van der Waals surface area contributed by atoms with Crippen molar-refractivity contribution in [3.63, 3.8) is 0 Å². The predicted molar refractivity (Wildman–Crippen MR) is 44.5 cm³/mol. The largest absolute Gasteiger partial charge is 0.286 e. The van der Waals surface area contributed by atoms with Gasteiger partial charge in [-0.25, -0.2) is 9.97 Å². The Labute approximate surface area is 67.6 Å². The molecule has 0 atom stereocenters. The van der Waals surface area contributed by atoms with Gasteiger partial charge < -0.3 is 0 Å². The first-order valence-electron chi connectivity index (χ1n) is 2.47. The smallest absolute Gasteiger partial charge is 0.233 e. The van der Waals surface area contributed by atoms with E-state index in [0.717, 1.165) is 5.95 Å². The van der Waals surface area contributed by atoms with Crippen LogP contribution in [0.15, 0.2) is 18.5 Å². The lowest BCUT2D eigenvalue weighted by atomic mass is 10.7. The fourth-order valence-electron chi connectivity index (χ4n) is 0.450. The zero-order valence-corrected chi connectivity index (χ0v) is 7.11. The minimum Gasteiger partial charge on any atom is -0.286 e. The molecule has 1 heterocycles. The monoisotopic (exact) mass is 235 g/mol. The van der Waals surface area contributed by atoms with Crippen LogP contribution < -0.4 is 3.11 Å². The third-order valence-corrected chi connectivity index (χ3v) is 1.26. The van der Waals surface area contributed by atoms with E-state index >= 15 is 0 Å². The van der Waals surface area contributed by atoms with Gasteiger partial charge in [0.25, 0.3) is 0 Å². The molecular weight excluding hydrogens is 229 g/mol. The minimum atomic E-state index is 0.734. The third-order valence-electron chi connectivity index (χ3n) is 0.828. The summed E-state index contributed by atoms with van der Waals surface area (Å²) < 4.78 is 1.83. The Morgan fingerprint density at radius 3 is 2.33 bits per heavy atom. The molecular formula is C5H6IN3. The third kappa shape index (κ3) is 1.78. The molecule has 0 spiro atoms. The van der Waals surface area contributed by atoms with Gasteiger partial charge in [-0.1, -0.05) is 0 Å². The molecule has 9 heavy (non-hydrogen) atoms. The van der Waals surface area contributed by atoms with E-state index in [-0.39, 0.29) is 0 Å². The molecule has 0 saturated heterocycles. The fraction of sp³-hybridized carbons (Fsp3) is 0.200. The Bertz CT molecular complexity index is 175. The van der Waals surface area contributed by atoms with E-state index in [1.165, 1.54) is 0 Å². The predicted octanol–water partition coefficient (Wildman–Crippen LogP) is 1.26. The van der Waals surface area contributed by atoms with Crippen molar-refractivity contribution in [3.8, 4) is 0 Å². The number of hydrogen-bond donors (Lipinski definition) is 0. The molecule has 0 aliphatic rings. The fourth-order valence-corrected chi connectivity index (χ4v) is 0.699. The van der Waals surface area contributed by atoms with Gasteiger partial charge in [0.05, 0.1) is 22.9 Å². The molecule has 1 aromatic heterocycles. The van der Waals surface area contributed by atoms with Gasteiger partial charge in [0.15, 0.2) is 0 Å². The van der Waals surface area contributed by atoms with Crippen LogP contribution in [-0.2, 0) is 0 Å². The van der Waals surface area contributed by atoms with Crippen molar-refractivity contribution in [1.82, 2.24) is 9.97 Å². The van der Waals surface area contributed by atoms with Gasteiger partial charge in [-0.3, -0.25) is 3.11 Å². The van der Waals surface area contributed by atoms with Gasteiger partial charge in [-0.05, 0) is 6.07 Å². The molecule has 0 fully saturated rings. The van der Waals surface area contributed by atoms with Crippen LogP contribution >= 0.6 is 22.9 Å². The number of rotatable bonds is 1. The first-order chi connectivity index (χ1) is 4.30. The molecule has 1 rings (SSSR count). The Kier molecular flexibility index (Phi) is 2.21. The summed E-state index contributed by atoms with van der Waals surface area (Å²) in [7, 11) is 1.90. The van der Waals surface area contributed by atoms with E-state index in [9.17, 15) is 0 Å². The Hall–Kier alpha value is -0.390. The summed E-state index contributed by atoms with van der Waals surface area (Å²) in [6.07, 6.45) is 3.44. The van der Waals surface area contributed by atoms with Crippen molar-refractivity contribution < 1.29 is 0 Å². The average Bonchev–Trinajstić information content (AvgIpc) is 1.90. The summed E-state index contributed by atoms with van der Waals surface area (Å²) in [4.78, 5) is 7.97. The summed E-state index contributed by atoms with van der Waals surface area (Å²) in [5.41, 5.74) is 0. The van der Waals surface area contributed by atoms with Crippen molar-refractivity contribution in [1.29, 1.82) is 0 Å². The van der Waals surface area contributed by atoms with Gasteiger partial charge in [-0.15, -0.1) is 0 Å². The standard InChI is InChI=1S/C5H6IN3/c1-9(6)5-7-3-2-4-8-5/h2-4H,1H3. The topological polar surface area (TPSA) is 29.0 Å². The van der Waals surface area contributed by atoms with Gasteiger partial charge in [0.2, 0.25) is 5.95 Å². The quantitative estimate of drug-likeness (QED) is 0.542. The Morgan fingerprint density at radius 1 is 1.44 bits per heavy atom. The van der Waals surface area contributed by atoms with Crippen LogP contribution in [0.3, 0.4) is 0 Å². The number of anilines is 1. The van der Waals surface area contributed by atoms with Crippen molar-refractivity contribution in [2.45, 2.75) is 0 Å². The van der Waals surface area contributed by atoms with Crippen molar-refractivity contribution in [2.24, 2.45) is 0 Å². The molecule has 0 aromatic carbocycles. The van der Waals surface area contributed by atoms with Crippen molar-refractivity contribution in [2.75, 3.05) is 10.2 Å². The van der Waals surface area contributed by atoms with Crippen LogP contribution in [-0.4, -0.2) is 17.0 Å². The molecule has 0 unspecified atom stereocenters. The van der Waals surface area contributed by atoms with E-state index < -0.39 is 0 Å². The number of nitrogens with zero attached hydrogens (tertiary/aromatic N) is 3. The first kappa shape index (κ1) is 6.73. The number of hydrogen-bond acceptors (Lipinski definition) is 3. The van der Waals surface area contributed by atoms with Crippen LogP contribution in [0.1, 0.15) is 0 Å². The Morgan fingerprint density at radius 2 is 2.00 bits per heavy atom. The maximum atomic E-state index is 3.99. The first-order valence-corrected chi connectivity index (χ1v) is 3.43. The minimum absolute atomic E-state index is 0.734. The van der Waals surface area contributed by atoms with Gasteiger partial charge in [0, 0.05) is 19.4 Å². The zero-order valence-electron chi connectivity index (χ0n) is 4.95. The lowest BCUT2D eigenvalue weighted by molar-refractivity contribution is 1.12. The summed E-state index contributed by atoms with van der Waals surface area (Å²) in [5, 5.41) is 0. The number of aromatic nitrogens is 2.